The van der Waals surface area contributed by atoms with Gasteiger partial charge in [-0.15, -0.1) is 0 Å². The molecular weight excluding hydrogens is 366 g/mol. The van der Waals surface area contributed by atoms with Crippen LogP contribution in [0.3, 0.4) is 0 Å². The monoisotopic (exact) mass is 389 g/mol. The summed E-state index contributed by atoms with van der Waals surface area (Å²) in [6.07, 6.45) is 17.1. The summed E-state index contributed by atoms with van der Waals surface area (Å²) in [5.74, 6) is -0.256. The molecule has 0 bridgehead atoms. The van der Waals surface area contributed by atoms with Gasteiger partial charge in [-0.2, -0.15) is 0 Å². The van der Waals surface area contributed by atoms with Gasteiger partial charge in [-0.1, -0.05) is 55.9 Å². The van der Waals surface area contributed by atoms with Gasteiger partial charge in [0.2, 0.25) is 0 Å². The number of ether oxygens (including phenoxy) is 1. The Balaban J connectivity index is 1.84. The Morgan fingerprint density at radius 1 is 1.18 bits per heavy atom. The van der Waals surface area contributed by atoms with Crippen molar-refractivity contribution in [1.29, 1.82) is 0 Å². The first-order valence-corrected chi connectivity index (χ1v) is 9.15. The third-order valence-electron chi connectivity index (χ3n) is 3.58. The van der Waals surface area contributed by atoms with Gasteiger partial charge in [0, 0.05) is 0 Å². The molecular formula is C17H25BrClNO2. The Hall–Kier alpha value is -0.610. The molecule has 5 heteroatoms. The normalized spacial score (nSPS) is 17.7. The van der Waals surface area contributed by atoms with E-state index in [-0.39, 0.29) is 12.0 Å². The molecule has 0 aliphatic carbocycles. The molecule has 0 radical (unpaired) electrons. The fourth-order valence-corrected chi connectivity index (χ4v) is 2.57. The van der Waals surface area contributed by atoms with Crippen LogP contribution in [0, 0.1) is 0 Å². The number of methoxy groups -OCH3 is 1. The van der Waals surface area contributed by atoms with Gasteiger partial charge in [0.1, 0.15) is 0 Å². The number of carbonyl (C=O) groups is 1. The van der Waals surface area contributed by atoms with Crippen molar-refractivity contribution in [2.45, 2.75) is 63.8 Å². The minimum atomic E-state index is -0.324. The molecule has 1 heterocycles. The lowest BCUT2D eigenvalue weighted by Gasteiger charge is -2.00. The van der Waals surface area contributed by atoms with E-state index in [0.29, 0.717) is 0 Å². The summed E-state index contributed by atoms with van der Waals surface area (Å²) in [5.41, 5.74) is 0.851. The van der Waals surface area contributed by atoms with Crippen molar-refractivity contribution in [3.8, 4) is 0 Å². The number of hydrogen-bond acceptors (Lipinski definition) is 3. The summed E-state index contributed by atoms with van der Waals surface area (Å²) in [7, 11) is 1.39. The summed E-state index contributed by atoms with van der Waals surface area (Å²) in [6.45, 7) is 0. The van der Waals surface area contributed by atoms with Crippen LogP contribution in [0.4, 0.5) is 0 Å². The standard InChI is InChI=1S/C17H25BrClNO2/c1-22-17(21)16-14(20-16)12-10-8-6-4-2-3-5-7-9-11-13-15(18)19/h10,12-13,16H,2-9,11H2,1H3/b12-10+,15-13+/t16-/m0/s1. The van der Waals surface area contributed by atoms with Crippen LogP contribution in [0.25, 0.3) is 0 Å². The molecule has 0 aromatic carbocycles. The average Bonchev–Trinajstić information content (AvgIpc) is 3.26. The Labute approximate surface area is 147 Å². The highest BCUT2D eigenvalue weighted by atomic mass is 79.9. The molecule has 0 unspecified atom stereocenters. The number of nitrogens with zero attached hydrogens (tertiary/aromatic N) is 1. The SMILES string of the molecule is COC(=O)[C@H]1N=C1/C=C/CCCCCCCCC/C=C(/Cl)Br. The van der Waals surface area contributed by atoms with Gasteiger partial charge < -0.3 is 4.74 Å². The van der Waals surface area contributed by atoms with Gasteiger partial charge in [-0.05, 0) is 47.7 Å². The molecule has 1 atom stereocenters. The van der Waals surface area contributed by atoms with E-state index in [1.54, 1.807) is 0 Å². The highest BCUT2D eigenvalue weighted by Gasteiger charge is 2.33. The van der Waals surface area contributed by atoms with Crippen LogP contribution in [0.5, 0.6) is 0 Å². The smallest absolute Gasteiger partial charge is 0.336 e. The van der Waals surface area contributed by atoms with Gasteiger partial charge in [-0.25, -0.2) is 4.79 Å². The topological polar surface area (TPSA) is 38.7 Å². The van der Waals surface area contributed by atoms with Crippen LogP contribution in [0.15, 0.2) is 27.2 Å². The van der Waals surface area contributed by atoms with E-state index in [9.17, 15) is 4.79 Å². The van der Waals surface area contributed by atoms with Crippen LogP contribution < -0.4 is 0 Å². The molecule has 0 N–H and O–H groups in total. The third kappa shape index (κ3) is 9.42. The highest BCUT2D eigenvalue weighted by molar-refractivity contribution is 9.12. The first-order valence-electron chi connectivity index (χ1n) is 7.98. The van der Waals surface area contributed by atoms with Crippen molar-refractivity contribution < 1.29 is 9.53 Å². The predicted molar refractivity (Wildman–Crippen MR) is 96.8 cm³/mol. The highest BCUT2D eigenvalue weighted by Crippen LogP contribution is 2.16. The minimum Gasteiger partial charge on any atom is -0.467 e. The van der Waals surface area contributed by atoms with E-state index < -0.39 is 0 Å². The van der Waals surface area contributed by atoms with E-state index >= 15 is 0 Å². The zero-order valence-corrected chi connectivity index (χ0v) is 15.5. The van der Waals surface area contributed by atoms with E-state index in [1.807, 2.05) is 12.2 Å². The van der Waals surface area contributed by atoms with E-state index in [0.717, 1.165) is 22.5 Å². The quantitative estimate of drug-likeness (QED) is 0.325. The number of rotatable bonds is 12. The van der Waals surface area contributed by atoms with Gasteiger partial charge >= 0.3 is 5.97 Å². The van der Waals surface area contributed by atoms with E-state index in [2.05, 4.69) is 31.7 Å². The summed E-state index contributed by atoms with van der Waals surface area (Å²) in [4.78, 5) is 15.2. The molecule has 0 saturated heterocycles. The number of unbranched alkanes of at least 4 members (excludes halogenated alkanes) is 8. The number of allylic oxidation sites excluding steroid dienone is 2. The number of carbonyl (C=O) groups excluding carboxylic acids is 1. The molecule has 0 fully saturated rings. The minimum absolute atomic E-state index is 0.256. The molecule has 0 aromatic rings. The predicted octanol–water partition coefficient (Wildman–Crippen LogP) is 5.52. The van der Waals surface area contributed by atoms with Crippen molar-refractivity contribution in [1.82, 2.24) is 0 Å². The summed E-state index contributed by atoms with van der Waals surface area (Å²) >= 11 is 8.91. The Kier molecular flexibility index (Phi) is 10.5. The number of esters is 1. The van der Waals surface area contributed by atoms with Gasteiger partial charge in [-0.3, -0.25) is 4.99 Å². The molecule has 22 heavy (non-hydrogen) atoms. The first kappa shape index (κ1) is 19.4. The lowest BCUT2D eigenvalue weighted by molar-refractivity contribution is -0.139. The van der Waals surface area contributed by atoms with Crippen molar-refractivity contribution in [3.05, 3.63) is 22.2 Å². The largest absolute Gasteiger partial charge is 0.467 e. The van der Waals surface area contributed by atoms with Crippen LogP contribution in [-0.2, 0) is 9.53 Å². The molecule has 1 aliphatic rings. The maximum atomic E-state index is 11.1. The summed E-state index contributed by atoms with van der Waals surface area (Å²) in [5, 5.41) is 0. The second kappa shape index (κ2) is 11.9. The van der Waals surface area contributed by atoms with Crippen molar-refractivity contribution in [2.75, 3.05) is 7.11 Å². The Bertz CT molecular complexity index is 428. The van der Waals surface area contributed by atoms with Crippen molar-refractivity contribution >= 4 is 39.2 Å². The lowest BCUT2D eigenvalue weighted by Crippen LogP contribution is -2.12. The Morgan fingerprint density at radius 2 is 1.77 bits per heavy atom. The molecule has 0 amide bonds. The summed E-state index contributed by atoms with van der Waals surface area (Å²) in [6, 6.07) is -0.324. The fourth-order valence-electron chi connectivity index (χ4n) is 2.24. The average molecular weight is 391 g/mol. The zero-order chi connectivity index (χ0) is 16.2. The van der Waals surface area contributed by atoms with Gasteiger partial charge in [0.05, 0.1) is 16.8 Å². The van der Waals surface area contributed by atoms with Gasteiger partial charge in [0.15, 0.2) is 6.04 Å². The first-order chi connectivity index (χ1) is 10.6. The second-order valence-electron chi connectivity index (χ2n) is 5.43. The molecule has 124 valence electrons. The fraction of sp³-hybridized carbons (Fsp3) is 0.647. The van der Waals surface area contributed by atoms with E-state index in [1.165, 1.54) is 52.1 Å². The second-order valence-corrected chi connectivity index (χ2v) is 7.15. The van der Waals surface area contributed by atoms with Crippen LogP contribution in [0.1, 0.15) is 57.8 Å². The maximum absolute atomic E-state index is 11.1. The third-order valence-corrected chi connectivity index (χ3v) is 4.06. The molecule has 1 rings (SSSR count). The summed E-state index contributed by atoms with van der Waals surface area (Å²) < 4.78 is 5.34. The molecule has 0 aromatic heterocycles. The van der Waals surface area contributed by atoms with Crippen LogP contribution >= 0.6 is 27.5 Å². The van der Waals surface area contributed by atoms with Crippen LogP contribution in [0.2, 0.25) is 0 Å². The molecule has 0 saturated carbocycles. The number of halogens is 2. The molecule has 1 aliphatic heterocycles. The maximum Gasteiger partial charge on any atom is 0.336 e. The Morgan fingerprint density at radius 3 is 2.36 bits per heavy atom. The van der Waals surface area contributed by atoms with Gasteiger partial charge in [0.25, 0.3) is 0 Å². The van der Waals surface area contributed by atoms with Crippen molar-refractivity contribution in [2.24, 2.45) is 4.99 Å². The molecule has 3 nitrogen and oxygen atoms in total. The van der Waals surface area contributed by atoms with Crippen LogP contribution in [-0.4, -0.2) is 24.8 Å². The zero-order valence-electron chi connectivity index (χ0n) is 13.2. The van der Waals surface area contributed by atoms with Crippen molar-refractivity contribution in [3.63, 3.8) is 0 Å². The molecule has 0 spiro atoms. The number of aliphatic imine (C=N–C) groups is 1. The number of hydrogen-bond donors (Lipinski definition) is 0. The lowest BCUT2D eigenvalue weighted by atomic mass is 10.1. The van der Waals surface area contributed by atoms with E-state index in [4.69, 9.17) is 11.6 Å².